The zero-order chi connectivity index (χ0) is 27.4. The highest BCUT2D eigenvalue weighted by molar-refractivity contribution is 6.10. The fraction of sp³-hybridized carbons (Fsp3) is 0.448. The van der Waals surface area contributed by atoms with E-state index in [2.05, 4.69) is 52.8 Å². The van der Waals surface area contributed by atoms with Crippen molar-refractivity contribution in [2.45, 2.75) is 58.9 Å². The lowest BCUT2D eigenvalue weighted by Crippen LogP contribution is -2.63. The minimum Gasteiger partial charge on any atom is -0.340 e. The number of aromatic nitrogens is 2. The van der Waals surface area contributed by atoms with Crippen molar-refractivity contribution in [1.29, 1.82) is 0 Å². The Kier molecular flexibility index (Phi) is 8.16. The van der Waals surface area contributed by atoms with Gasteiger partial charge >= 0.3 is 0 Å². The molecule has 1 atom stereocenters. The first-order chi connectivity index (χ1) is 18.4. The second kappa shape index (κ2) is 11.3. The highest BCUT2D eigenvalue weighted by atomic mass is 16.2. The number of aliphatic imine (C=N–C) groups is 2. The molecule has 202 valence electrons. The molecule has 1 unspecified atom stereocenters. The smallest absolute Gasteiger partial charge is 0.252 e. The molecule has 0 bridgehead atoms. The second-order valence-electron chi connectivity index (χ2n) is 9.71. The fourth-order valence-electron chi connectivity index (χ4n) is 5.54. The molecule has 38 heavy (non-hydrogen) atoms. The first-order valence-corrected chi connectivity index (χ1v) is 13.4. The van der Waals surface area contributed by atoms with Crippen LogP contribution in [0.5, 0.6) is 0 Å². The molecule has 1 aromatic heterocycles. The number of carbonyl (C=O) groups excluding carboxylic acids is 1. The van der Waals surface area contributed by atoms with Gasteiger partial charge in [-0.15, -0.1) is 0 Å². The lowest BCUT2D eigenvalue weighted by atomic mass is 9.88. The summed E-state index contributed by atoms with van der Waals surface area (Å²) in [4.78, 5) is 31.8. The Hall–Kier alpha value is -3.72. The van der Waals surface area contributed by atoms with Gasteiger partial charge in [-0.3, -0.25) is 19.4 Å². The van der Waals surface area contributed by atoms with Crippen LogP contribution in [0.4, 0.5) is 5.69 Å². The number of fused-ring (bicyclic) bond motifs is 1. The van der Waals surface area contributed by atoms with Crippen molar-refractivity contribution in [3.8, 4) is 11.4 Å². The molecule has 2 fully saturated rings. The predicted octanol–water partition coefficient (Wildman–Crippen LogP) is 4.77. The van der Waals surface area contributed by atoms with Gasteiger partial charge in [-0.05, 0) is 57.2 Å². The minimum atomic E-state index is -0.533. The summed E-state index contributed by atoms with van der Waals surface area (Å²) in [6, 6.07) is 8.17. The van der Waals surface area contributed by atoms with Gasteiger partial charge in [0.1, 0.15) is 23.5 Å². The minimum absolute atomic E-state index is 0.159. The topological polar surface area (TPSA) is 81.4 Å². The van der Waals surface area contributed by atoms with Crippen LogP contribution in [0.15, 0.2) is 64.0 Å². The molecule has 0 spiro atoms. The summed E-state index contributed by atoms with van der Waals surface area (Å²) in [5, 5.41) is 1.86. The number of anilines is 1. The Morgan fingerprint density at radius 3 is 2.76 bits per heavy atom. The molecule has 1 aromatic carbocycles. The maximum absolute atomic E-state index is 13.5. The summed E-state index contributed by atoms with van der Waals surface area (Å²) in [7, 11) is 5.47. The molecule has 0 aliphatic carbocycles. The number of amides is 1. The summed E-state index contributed by atoms with van der Waals surface area (Å²) in [5.41, 5.74) is 6.50. The first-order valence-electron chi connectivity index (χ1n) is 13.4. The van der Waals surface area contributed by atoms with E-state index >= 15 is 0 Å². The van der Waals surface area contributed by atoms with Gasteiger partial charge in [-0.25, -0.2) is 15.4 Å². The van der Waals surface area contributed by atoms with Crippen LogP contribution in [0.2, 0.25) is 0 Å². The molecular formula is C29H40N8O. The number of nitrogens with zero attached hydrogens (tertiary/aromatic N) is 7. The van der Waals surface area contributed by atoms with E-state index in [1.54, 1.807) is 18.3 Å². The number of nitrogens with one attached hydrogen (secondary N) is 1. The molecule has 2 aliphatic rings. The van der Waals surface area contributed by atoms with Gasteiger partial charge in [-0.2, -0.15) is 0 Å². The molecule has 1 amide bonds. The van der Waals surface area contributed by atoms with Gasteiger partial charge in [0.15, 0.2) is 5.84 Å². The number of benzene rings is 1. The third kappa shape index (κ3) is 4.55. The van der Waals surface area contributed by atoms with Crippen molar-refractivity contribution in [2.24, 2.45) is 9.98 Å². The highest BCUT2D eigenvalue weighted by Crippen LogP contribution is 2.41. The van der Waals surface area contributed by atoms with Gasteiger partial charge in [0, 0.05) is 45.6 Å². The SMILES string of the molecule is C\C=C1/C(=N\C(=C(/C)CC)n2ccnc2-c2cccc(N(C=NC)NC)c2)N2CCCC2(CC)C(=O)N1C. The monoisotopic (exact) mass is 516 g/mol. The predicted molar refractivity (Wildman–Crippen MR) is 156 cm³/mol. The summed E-state index contributed by atoms with van der Waals surface area (Å²) in [6.07, 6.45) is 10.9. The number of hydrazine groups is 1. The van der Waals surface area contributed by atoms with Gasteiger partial charge in [0.2, 0.25) is 0 Å². The first kappa shape index (κ1) is 27.3. The second-order valence-corrected chi connectivity index (χ2v) is 9.71. The molecule has 9 heteroatoms. The summed E-state index contributed by atoms with van der Waals surface area (Å²) in [5.74, 6) is 2.65. The van der Waals surface area contributed by atoms with Crippen molar-refractivity contribution >= 4 is 29.6 Å². The van der Waals surface area contributed by atoms with Crippen LogP contribution < -0.4 is 10.4 Å². The fourth-order valence-corrected chi connectivity index (χ4v) is 5.54. The molecule has 1 N–H and O–H groups in total. The molecule has 0 saturated carbocycles. The van der Waals surface area contributed by atoms with Gasteiger partial charge in [0.05, 0.1) is 11.4 Å². The molecule has 2 aromatic rings. The lowest BCUT2D eigenvalue weighted by Gasteiger charge is -2.47. The van der Waals surface area contributed by atoms with E-state index in [1.165, 1.54) is 0 Å². The van der Waals surface area contributed by atoms with Crippen LogP contribution in [-0.4, -0.2) is 70.7 Å². The third-order valence-electron chi connectivity index (χ3n) is 7.74. The van der Waals surface area contributed by atoms with Crippen molar-refractivity contribution < 1.29 is 4.79 Å². The molecule has 0 radical (unpaired) electrons. The largest absolute Gasteiger partial charge is 0.340 e. The number of imidazole rings is 1. The van der Waals surface area contributed by atoms with Crippen LogP contribution in [-0.2, 0) is 4.79 Å². The van der Waals surface area contributed by atoms with E-state index in [0.717, 1.165) is 72.2 Å². The molecular weight excluding hydrogens is 476 g/mol. The molecule has 4 rings (SSSR count). The average molecular weight is 517 g/mol. The van der Waals surface area contributed by atoms with Crippen molar-refractivity contribution in [3.05, 3.63) is 54.0 Å². The number of piperazine rings is 1. The number of carbonyl (C=O) groups is 1. The molecule has 3 heterocycles. The Morgan fingerprint density at radius 1 is 1.32 bits per heavy atom. The Labute approximate surface area is 226 Å². The van der Waals surface area contributed by atoms with Crippen molar-refractivity contribution in [3.63, 3.8) is 0 Å². The van der Waals surface area contributed by atoms with Crippen LogP contribution in [0, 0.1) is 0 Å². The van der Waals surface area contributed by atoms with Gasteiger partial charge < -0.3 is 9.80 Å². The number of allylic oxidation sites excluding steroid dienone is 2. The summed E-state index contributed by atoms with van der Waals surface area (Å²) >= 11 is 0. The average Bonchev–Trinajstić information content (AvgIpc) is 3.61. The zero-order valence-electron chi connectivity index (χ0n) is 23.7. The number of hydrogen-bond donors (Lipinski definition) is 1. The maximum Gasteiger partial charge on any atom is 0.252 e. The summed E-state index contributed by atoms with van der Waals surface area (Å²) in [6.45, 7) is 9.15. The van der Waals surface area contributed by atoms with E-state index < -0.39 is 5.54 Å². The van der Waals surface area contributed by atoms with Crippen LogP contribution in [0.1, 0.15) is 53.4 Å². The van der Waals surface area contributed by atoms with Gasteiger partial charge in [-0.1, -0.05) is 32.1 Å². The van der Waals surface area contributed by atoms with Crippen molar-refractivity contribution in [2.75, 3.05) is 32.7 Å². The van der Waals surface area contributed by atoms with E-state index in [1.807, 2.05) is 56.6 Å². The molecule has 9 nitrogen and oxygen atoms in total. The standard InChI is InChI=1S/C29H40N8O/c1-8-21(4)25(33-27-24(9-2)34(7)28(38)29(10-3)15-12-17-36(27)29)35-18-16-32-26(35)22-13-11-14-23(19-22)37(31-6)20-30-5/h9,11,13-14,16,18-20,31H,8,10,12,15,17H2,1-7H3/b24-9+,25-21-,30-20?,33-27+. The zero-order valence-corrected chi connectivity index (χ0v) is 23.7. The lowest BCUT2D eigenvalue weighted by molar-refractivity contribution is -0.139. The van der Waals surface area contributed by atoms with E-state index in [4.69, 9.17) is 9.98 Å². The third-order valence-corrected chi connectivity index (χ3v) is 7.74. The van der Waals surface area contributed by atoms with Crippen molar-refractivity contribution in [1.82, 2.24) is 24.8 Å². The van der Waals surface area contributed by atoms with Crippen LogP contribution in [0.3, 0.4) is 0 Å². The molecule has 2 aliphatic heterocycles. The maximum atomic E-state index is 13.5. The Morgan fingerprint density at radius 2 is 2.11 bits per heavy atom. The number of hydrogen-bond acceptors (Lipinski definition) is 5. The quantitative estimate of drug-likeness (QED) is 0.311. The molecule has 2 saturated heterocycles. The number of rotatable bonds is 8. The van der Waals surface area contributed by atoms with Crippen LogP contribution >= 0.6 is 0 Å². The normalized spacial score (nSPS) is 22.6. The van der Waals surface area contributed by atoms with E-state index in [-0.39, 0.29) is 5.91 Å². The van der Waals surface area contributed by atoms with E-state index in [9.17, 15) is 4.79 Å². The van der Waals surface area contributed by atoms with Gasteiger partial charge in [0.25, 0.3) is 5.91 Å². The Balaban J connectivity index is 1.87. The Bertz CT molecular complexity index is 1300. The van der Waals surface area contributed by atoms with Crippen LogP contribution in [0.25, 0.3) is 17.2 Å². The highest BCUT2D eigenvalue weighted by Gasteiger charge is 2.53. The number of amidine groups is 1. The number of likely N-dealkylation sites (N-methyl/N-ethyl adjacent to an activating group) is 1. The summed E-state index contributed by atoms with van der Waals surface area (Å²) < 4.78 is 2.07. The van der Waals surface area contributed by atoms with E-state index in [0.29, 0.717) is 0 Å².